The molecule has 1 rings (SSSR count). The molecule has 4 heteroatoms. The van der Waals surface area contributed by atoms with Crippen molar-refractivity contribution >= 4 is 17.3 Å². The minimum absolute atomic E-state index is 0.156. The van der Waals surface area contributed by atoms with Crippen molar-refractivity contribution in [3.05, 3.63) is 23.8 Å². The van der Waals surface area contributed by atoms with Gasteiger partial charge in [0.2, 0.25) is 5.91 Å². The number of nitrogens with zero attached hydrogens (tertiary/aromatic N) is 1. The van der Waals surface area contributed by atoms with Gasteiger partial charge in [-0.3, -0.25) is 4.79 Å². The lowest BCUT2D eigenvalue weighted by atomic mass is 10.1. The summed E-state index contributed by atoms with van der Waals surface area (Å²) in [6.45, 7) is 5.95. The zero-order valence-corrected chi connectivity index (χ0v) is 12.7. The van der Waals surface area contributed by atoms with Crippen LogP contribution in [0, 0.1) is 0 Å². The van der Waals surface area contributed by atoms with E-state index in [1.807, 2.05) is 11.0 Å². The molecule has 0 aliphatic carbocycles. The average Bonchev–Trinajstić information content (AvgIpc) is 2.42. The number of rotatable bonds is 8. The molecular formula is C16H27N3O. The smallest absolute Gasteiger partial charge is 0.227 e. The number of hydrogen-bond acceptors (Lipinski definition) is 3. The summed E-state index contributed by atoms with van der Waals surface area (Å²) in [5.41, 5.74) is 13.7. The first kappa shape index (κ1) is 16.3. The predicted molar refractivity (Wildman–Crippen MR) is 85.4 cm³/mol. The fourth-order valence-corrected chi connectivity index (χ4v) is 2.11. The van der Waals surface area contributed by atoms with Crippen LogP contribution in [-0.2, 0) is 11.2 Å². The largest absolute Gasteiger partial charge is 0.399 e. The van der Waals surface area contributed by atoms with Gasteiger partial charge in [0.15, 0.2) is 0 Å². The topological polar surface area (TPSA) is 72.3 Å². The second-order valence-corrected chi connectivity index (χ2v) is 5.22. The van der Waals surface area contributed by atoms with Crippen LogP contribution in [0.3, 0.4) is 0 Å². The average molecular weight is 277 g/mol. The number of anilines is 2. The Morgan fingerprint density at radius 3 is 2.20 bits per heavy atom. The lowest BCUT2D eigenvalue weighted by molar-refractivity contribution is -0.130. The van der Waals surface area contributed by atoms with Gasteiger partial charge < -0.3 is 16.4 Å². The molecule has 0 saturated heterocycles. The summed E-state index contributed by atoms with van der Waals surface area (Å²) < 4.78 is 0. The first-order valence-corrected chi connectivity index (χ1v) is 7.50. The second-order valence-electron chi connectivity index (χ2n) is 5.22. The third-order valence-corrected chi connectivity index (χ3v) is 3.43. The monoisotopic (exact) mass is 277 g/mol. The van der Waals surface area contributed by atoms with Crippen LogP contribution < -0.4 is 11.5 Å². The third-order valence-electron chi connectivity index (χ3n) is 3.43. The molecule has 0 bridgehead atoms. The highest BCUT2D eigenvalue weighted by Gasteiger charge is 2.14. The molecule has 1 amide bonds. The highest BCUT2D eigenvalue weighted by atomic mass is 16.2. The van der Waals surface area contributed by atoms with Crippen LogP contribution >= 0.6 is 0 Å². The molecule has 4 N–H and O–H groups in total. The number of carbonyl (C=O) groups is 1. The zero-order chi connectivity index (χ0) is 15.0. The lowest BCUT2D eigenvalue weighted by Crippen LogP contribution is -2.34. The Morgan fingerprint density at radius 2 is 1.70 bits per heavy atom. The van der Waals surface area contributed by atoms with E-state index in [0.717, 1.165) is 44.3 Å². The van der Waals surface area contributed by atoms with Crippen molar-refractivity contribution in [2.45, 2.75) is 46.0 Å². The van der Waals surface area contributed by atoms with E-state index < -0.39 is 0 Å². The molecular weight excluding hydrogens is 250 g/mol. The van der Waals surface area contributed by atoms with E-state index in [1.54, 1.807) is 12.1 Å². The normalized spacial score (nSPS) is 10.5. The SMILES string of the molecule is CCCCN(CCCC)C(=O)Cc1ccc(N)cc1N. The van der Waals surface area contributed by atoms with Crippen LogP contribution in [0.4, 0.5) is 11.4 Å². The molecule has 112 valence electrons. The van der Waals surface area contributed by atoms with Gasteiger partial charge in [-0.25, -0.2) is 0 Å². The van der Waals surface area contributed by atoms with Crippen molar-refractivity contribution in [2.75, 3.05) is 24.6 Å². The van der Waals surface area contributed by atoms with Gasteiger partial charge in [0, 0.05) is 24.5 Å². The molecule has 0 atom stereocenters. The van der Waals surface area contributed by atoms with Crippen LogP contribution in [0.2, 0.25) is 0 Å². The van der Waals surface area contributed by atoms with Crippen LogP contribution in [0.5, 0.6) is 0 Å². The van der Waals surface area contributed by atoms with Crippen molar-refractivity contribution in [1.82, 2.24) is 4.90 Å². The minimum Gasteiger partial charge on any atom is -0.399 e. The van der Waals surface area contributed by atoms with Gasteiger partial charge in [0.1, 0.15) is 0 Å². The van der Waals surface area contributed by atoms with E-state index in [4.69, 9.17) is 11.5 Å². The lowest BCUT2D eigenvalue weighted by Gasteiger charge is -2.23. The summed E-state index contributed by atoms with van der Waals surface area (Å²) in [6.07, 6.45) is 4.65. The van der Waals surface area contributed by atoms with Gasteiger partial charge >= 0.3 is 0 Å². The number of unbranched alkanes of at least 4 members (excludes halogenated alkanes) is 2. The van der Waals surface area contributed by atoms with Gasteiger partial charge in [-0.2, -0.15) is 0 Å². The first-order chi connectivity index (χ1) is 9.58. The molecule has 4 nitrogen and oxygen atoms in total. The quantitative estimate of drug-likeness (QED) is 0.718. The highest BCUT2D eigenvalue weighted by Crippen LogP contribution is 2.17. The summed E-state index contributed by atoms with van der Waals surface area (Å²) in [5, 5.41) is 0. The number of benzene rings is 1. The molecule has 0 unspecified atom stereocenters. The van der Waals surface area contributed by atoms with Gasteiger partial charge in [0.25, 0.3) is 0 Å². The summed E-state index contributed by atoms with van der Waals surface area (Å²) >= 11 is 0. The number of hydrogen-bond donors (Lipinski definition) is 2. The number of nitrogens with two attached hydrogens (primary N) is 2. The van der Waals surface area contributed by atoms with Crippen molar-refractivity contribution in [2.24, 2.45) is 0 Å². The molecule has 0 radical (unpaired) electrons. The van der Waals surface area contributed by atoms with Crippen LogP contribution in [-0.4, -0.2) is 23.9 Å². The Bertz CT molecular complexity index is 424. The molecule has 0 fully saturated rings. The van der Waals surface area contributed by atoms with Crippen molar-refractivity contribution in [1.29, 1.82) is 0 Å². The van der Waals surface area contributed by atoms with Gasteiger partial charge in [-0.15, -0.1) is 0 Å². The Hall–Kier alpha value is -1.71. The van der Waals surface area contributed by atoms with Crippen LogP contribution in [0.1, 0.15) is 45.1 Å². The molecule has 0 saturated carbocycles. The summed E-state index contributed by atoms with van der Waals surface area (Å²) in [4.78, 5) is 14.4. The van der Waals surface area contributed by atoms with Crippen LogP contribution in [0.25, 0.3) is 0 Å². The molecule has 20 heavy (non-hydrogen) atoms. The Morgan fingerprint density at radius 1 is 1.10 bits per heavy atom. The second kappa shape index (κ2) is 8.46. The Kier molecular flexibility index (Phi) is 6.91. The van der Waals surface area contributed by atoms with E-state index in [9.17, 15) is 4.79 Å². The molecule has 1 aromatic carbocycles. The van der Waals surface area contributed by atoms with Gasteiger partial charge in [0.05, 0.1) is 6.42 Å². The minimum atomic E-state index is 0.156. The van der Waals surface area contributed by atoms with E-state index in [2.05, 4.69) is 13.8 Å². The third kappa shape index (κ3) is 5.11. The maximum absolute atomic E-state index is 12.4. The first-order valence-electron chi connectivity index (χ1n) is 7.50. The number of nitrogen functional groups attached to an aromatic ring is 2. The van der Waals surface area contributed by atoms with E-state index in [1.165, 1.54) is 0 Å². The fraction of sp³-hybridized carbons (Fsp3) is 0.562. The summed E-state index contributed by atoms with van der Waals surface area (Å²) in [7, 11) is 0. The van der Waals surface area contributed by atoms with Crippen LogP contribution in [0.15, 0.2) is 18.2 Å². The molecule has 0 aliphatic rings. The molecule has 1 aromatic rings. The van der Waals surface area contributed by atoms with E-state index in [-0.39, 0.29) is 5.91 Å². The predicted octanol–water partition coefficient (Wildman–Crippen LogP) is 2.82. The van der Waals surface area contributed by atoms with E-state index in [0.29, 0.717) is 17.8 Å². The summed E-state index contributed by atoms with van der Waals surface area (Å²) in [5.74, 6) is 0.156. The van der Waals surface area contributed by atoms with Crippen molar-refractivity contribution in [3.8, 4) is 0 Å². The molecule has 0 heterocycles. The maximum Gasteiger partial charge on any atom is 0.227 e. The number of carbonyl (C=O) groups excluding carboxylic acids is 1. The Balaban J connectivity index is 2.68. The fourth-order valence-electron chi connectivity index (χ4n) is 2.11. The van der Waals surface area contributed by atoms with Gasteiger partial charge in [-0.05, 0) is 30.5 Å². The Labute approximate surface area is 122 Å². The molecule has 0 aliphatic heterocycles. The van der Waals surface area contributed by atoms with E-state index >= 15 is 0 Å². The zero-order valence-electron chi connectivity index (χ0n) is 12.7. The molecule has 0 spiro atoms. The number of amides is 1. The van der Waals surface area contributed by atoms with Crippen molar-refractivity contribution < 1.29 is 4.79 Å². The summed E-state index contributed by atoms with van der Waals surface area (Å²) in [6, 6.07) is 5.35. The standard InChI is InChI=1S/C16H27N3O/c1-3-5-9-19(10-6-4-2)16(20)11-13-7-8-14(17)12-15(13)18/h7-8,12H,3-6,9-11,17-18H2,1-2H3. The maximum atomic E-state index is 12.4. The van der Waals surface area contributed by atoms with Gasteiger partial charge in [-0.1, -0.05) is 32.8 Å². The van der Waals surface area contributed by atoms with Crippen molar-refractivity contribution in [3.63, 3.8) is 0 Å². The highest BCUT2D eigenvalue weighted by molar-refractivity contribution is 5.80. The molecule has 0 aromatic heterocycles.